The molecule has 2 rings (SSSR count). The van der Waals surface area contributed by atoms with Gasteiger partial charge in [0.25, 0.3) is 5.91 Å². The molecule has 20 heavy (non-hydrogen) atoms. The van der Waals surface area contributed by atoms with Gasteiger partial charge in [-0.15, -0.1) is 0 Å². The van der Waals surface area contributed by atoms with Crippen LogP contribution in [0, 0.1) is 24.3 Å². The summed E-state index contributed by atoms with van der Waals surface area (Å²) in [6.07, 6.45) is 0. The fraction of sp³-hybridized carbons (Fsp3) is 0.200. The lowest BCUT2D eigenvalue weighted by molar-refractivity contribution is 0.102. The van der Waals surface area contributed by atoms with E-state index in [0.29, 0.717) is 5.56 Å². The van der Waals surface area contributed by atoms with Crippen molar-refractivity contribution in [1.29, 1.82) is 0 Å². The van der Waals surface area contributed by atoms with Crippen LogP contribution in [0.5, 0.6) is 0 Å². The topological polar surface area (TPSA) is 42.0 Å². The van der Waals surface area contributed by atoms with E-state index in [0.717, 1.165) is 30.7 Å². The highest BCUT2D eigenvalue weighted by atomic mass is 127. The van der Waals surface area contributed by atoms with Gasteiger partial charge in [-0.2, -0.15) is 0 Å². The van der Waals surface area contributed by atoms with E-state index in [9.17, 15) is 4.79 Å². The van der Waals surface area contributed by atoms with Crippen molar-refractivity contribution in [3.63, 3.8) is 0 Å². The van der Waals surface area contributed by atoms with Crippen LogP contribution >= 0.6 is 38.5 Å². The monoisotopic (exact) mass is 444 g/mol. The van der Waals surface area contributed by atoms with Crippen LogP contribution in [0.4, 0.5) is 5.69 Å². The van der Waals surface area contributed by atoms with Gasteiger partial charge < -0.3 is 5.32 Å². The van der Waals surface area contributed by atoms with Crippen LogP contribution in [0.3, 0.4) is 0 Å². The second-order valence-electron chi connectivity index (χ2n) is 4.62. The summed E-state index contributed by atoms with van der Waals surface area (Å²) in [4.78, 5) is 16.7. The van der Waals surface area contributed by atoms with Gasteiger partial charge in [0.1, 0.15) is 0 Å². The zero-order chi connectivity index (χ0) is 14.9. The summed E-state index contributed by atoms with van der Waals surface area (Å²) in [7, 11) is 0. The smallest absolute Gasteiger partial charge is 0.255 e. The normalized spacial score (nSPS) is 10.4. The number of hydrogen-bond donors (Lipinski definition) is 1. The molecule has 2 aromatic rings. The fourth-order valence-corrected chi connectivity index (χ4v) is 2.75. The third kappa shape index (κ3) is 3.38. The molecule has 0 bridgehead atoms. The Morgan fingerprint density at radius 3 is 2.55 bits per heavy atom. The summed E-state index contributed by atoms with van der Waals surface area (Å²) in [6, 6.07) is 7.51. The standard InChI is InChI=1S/C15H14BrIN2O/c1-8-6-9(2)18-10(3)14(8)19-15(20)11-4-5-13(17)12(16)7-11/h4-7H,1-3H3,(H,19,20). The second kappa shape index (κ2) is 6.22. The predicted octanol–water partition coefficient (Wildman–Crippen LogP) is 4.63. The Balaban J connectivity index is 2.30. The van der Waals surface area contributed by atoms with E-state index in [-0.39, 0.29) is 5.91 Å². The Morgan fingerprint density at radius 2 is 1.95 bits per heavy atom. The first-order valence-corrected chi connectivity index (χ1v) is 7.97. The number of carbonyl (C=O) groups excluding carboxylic acids is 1. The van der Waals surface area contributed by atoms with Crippen molar-refractivity contribution in [2.75, 3.05) is 5.32 Å². The van der Waals surface area contributed by atoms with Crippen molar-refractivity contribution in [2.45, 2.75) is 20.8 Å². The summed E-state index contributed by atoms with van der Waals surface area (Å²) in [5, 5.41) is 2.94. The maximum Gasteiger partial charge on any atom is 0.255 e. The molecule has 0 saturated carbocycles. The Morgan fingerprint density at radius 1 is 1.25 bits per heavy atom. The number of nitrogens with one attached hydrogen (secondary N) is 1. The molecule has 1 heterocycles. The minimum atomic E-state index is -0.126. The Labute approximate surface area is 140 Å². The van der Waals surface area contributed by atoms with Gasteiger partial charge >= 0.3 is 0 Å². The molecule has 0 saturated heterocycles. The van der Waals surface area contributed by atoms with Crippen LogP contribution < -0.4 is 5.32 Å². The number of amides is 1. The Kier molecular flexibility index (Phi) is 4.80. The molecular weight excluding hydrogens is 431 g/mol. The quantitative estimate of drug-likeness (QED) is 0.686. The van der Waals surface area contributed by atoms with Gasteiger partial charge in [-0.1, -0.05) is 0 Å². The van der Waals surface area contributed by atoms with Crippen molar-refractivity contribution in [3.05, 3.63) is 54.8 Å². The maximum absolute atomic E-state index is 12.3. The molecule has 0 atom stereocenters. The number of pyridine rings is 1. The van der Waals surface area contributed by atoms with E-state index >= 15 is 0 Å². The number of carbonyl (C=O) groups is 1. The van der Waals surface area contributed by atoms with Crippen LogP contribution in [-0.4, -0.2) is 10.9 Å². The number of hydrogen-bond acceptors (Lipinski definition) is 2. The summed E-state index contributed by atoms with van der Waals surface area (Å²) >= 11 is 5.65. The zero-order valence-corrected chi connectivity index (χ0v) is 15.2. The molecule has 0 fully saturated rings. The lowest BCUT2D eigenvalue weighted by Gasteiger charge is -2.12. The number of aromatic nitrogens is 1. The average Bonchev–Trinajstić information content (AvgIpc) is 2.36. The van der Waals surface area contributed by atoms with E-state index in [1.54, 1.807) is 0 Å². The molecule has 0 aliphatic heterocycles. The minimum Gasteiger partial charge on any atom is -0.320 e. The number of benzene rings is 1. The first kappa shape index (κ1) is 15.4. The predicted molar refractivity (Wildman–Crippen MR) is 93.3 cm³/mol. The molecule has 0 aliphatic carbocycles. The van der Waals surface area contributed by atoms with Crippen LogP contribution in [-0.2, 0) is 0 Å². The highest BCUT2D eigenvalue weighted by Crippen LogP contribution is 2.23. The minimum absolute atomic E-state index is 0.126. The van der Waals surface area contributed by atoms with Gasteiger partial charge in [-0.3, -0.25) is 9.78 Å². The lowest BCUT2D eigenvalue weighted by Crippen LogP contribution is -2.14. The van der Waals surface area contributed by atoms with E-state index in [2.05, 4.69) is 48.8 Å². The maximum atomic E-state index is 12.3. The summed E-state index contributed by atoms with van der Waals surface area (Å²) in [5.74, 6) is -0.126. The molecule has 1 aromatic heterocycles. The van der Waals surface area contributed by atoms with Crippen LogP contribution in [0.1, 0.15) is 27.3 Å². The molecular formula is C15H14BrIN2O. The molecule has 1 N–H and O–H groups in total. The number of halogens is 2. The molecule has 3 nitrogen and oxygen atoms in total. The lowest BCUT2D eigenvalue weighted by atomic mass is 10.1. The van der Waals surface area contributed by atoms with Gasteiger partial charge in [0.05, 0.1) is 11.4 Å². The molecule has 104 valence electrons. The molecule has 0 aliphatic rings. The van der Waals surface area contributed by atoms with Gasteiger partial charge in [0, 0.05) is 19.3 Å². The SMILES string of the molecule is Cc1cc(C)c(NC(=O)c2ccc(I)c(Br)c2)c(C)n1. The Hall–Kier alpha value is -0.950. The summed E-state index contributed by atoms with van der Waals surface area (Å²) < 4.78 is 1.99. The number of nitrogens with zero attached hydrogens (tertiary/aromatic N) is 1. The summed E-state index contributed by atoms with van der Waals surface area (Å²) in [5.41, 5.74) is 4.22. The van der Waals surface area contributed by atoms with E-state index < -0.39 is 0 Å². The number of rotatable bonds is 2. The van der Waals surface area contributed by atoms with Gasteiger partial charge in [0.15, 0.2) is 0 Å². The van der Waals surface area contributed by atoms with Crippen molar-refractivity contribution >= 4 is 50.1 Å². The highest BCUT2D eigenvalue weighted by molar-refractivity contribution is 14.1. The van der Waals surface area contributed by atoms with Gasteiger partial charge in [0.2, 0.25) is 0 Å². The largest absolute Gasteiger partial charge is 0.320 e. The molecule has 0 radical (unpaired) electrons. The molecule has 0 spiro atoms. The van der Waals surface area contributed by atoms with Crippen molar-refractivity contribution in [3.8, 4) is 0 Å². The second-order valence-corrected chi connectivity index (χ2v) is 6.64. The first-order valence-electron chi connectivity index (χ1n) is 6.09. The first-order chi connectivity index (χ1) is 9.38. The number of anilines is 1. The zero-order valence-electron chi connectivity index (χ0n) is 11.4. The van der Waals surface area contributed by atoms with Gasteiger partial charge in [-0.05, 0) is 89.1 Å². The fourth-order valence-electron chi connectivity index (χ4n) is 2.04. The number of aryl methyl sites for hydroxylation is 3. The summed E-state index contributed by atoms with van der Waals surface area (Å²) in [6.45, 7) is 5.82. The van der Waals surface area contributed by atoms with Crippen molar-refractivity contribution in [2.24, 2.45) is 0 Å². The van der Waals surface area contributed by atoms with Crippen LogP contribution in [0.15, 0.2) is 28.7 Å². The van der Waals surface area contributed by atoms with Crippen LogP contribution in [0.2, 0.25) is 0 Å². The van der Waals surface area contributed by atoms with Crippen molar-refractivity contribution in [1.82, 2.24) is 4.98 Å². The van der Waals surface area contributed by atoms with E-state index in [1.807, 2.05) is 45.0 Å². The highest BCUT2D eigenvalue weighted by Gasteiger charge is 2.12. The van der Waals surface area contributed by atoms with Crippen molar-refractivity contribution < 1.29 is 4.79 Å². The third-order valence-electron chi connectivity index (χ3n) is 2.95. The van der Waals surface area contributed by atoms with Gasteiger partial charge in [-0.25, -0.2) is 0 Å². The molecule has 0 unspecified atom stereocenters. The Bertz CT molecular complexity index is 663. The average molecular weight is 445 g/mol. The molecule has 1 amide bonds. The van der Waals surface area contributed by atoms with E-state index in [1.165, 1.54) is 0 Å². The van der Waals surface area contributed by atoms with E-state index in [4.69, 9.17) is 0 Å². The molecule has 5 heteroatoms. The van der Waals surface area contributed by atoms with Crippen LogP contribution in [0.25, 0.3) is 0 Å². The third-order valence-corrected chi connectivity index (χ3v) is 5.28. The molecule has 1 aromatic carbocycles.